The van der Waals surface area contributed by atoms with Gasteiger partial charge >= 0.3 is 0 Å². The SMILES string of the molecule is COc1ccc(C(C)(C)C)cc1/C(O)=C1\C(=O)C(=O)N(CCOC(C)C)C1c1ccccc1. The molecule has 3 rings (SSSR count). The molecule has 176 valence electrons. The number of ketones is 1. The van der Waals surface area contributed by atoms with Gasteiger partial charge in [0.05, 0.1) is 37.0 Å². The fourth-order valence-electron chi connectivity index (χ4n) is 3.98. The van der Waals surface area contributed by atoms with E-state index in [1.54, 1.807) is 6.07 Å². The maximum absolute atomic E-state index is 13.2. The molecule has 0 spiro atoms. The summed E-state index contributed by atoms with van der Waals surface area (Å²) < 4.78 is 11.1. The average molecular weight is 452 g/mol. The molecule has 1 amide bonds. The molecule has 0 bridgehead atoms. The van der Waals surface area contributed by atoms with E-state index in [0.717, 1.165) is 11.1 Å². The molecule has 33 heavy (non-hydrogen) atoms. The monoisotopic (exact) mass is 451 g/mol. The van der Waals surface area contributed by atoms with E-state index in [4.69, 9.17) is 9.47 Å². The van der Waals surface area contributed by atoms with Gasteiger partial charge in [-0.1, -0.05) is 57.2 Å². The van der Waals surface area contributed by atoms with Crippen LogP contribution >= 0.6 is 0 Å². The summed E-state index contributed by atoms with van der Waals surface area (Å²) in [6, 6.07) is 14.1. The average Bonchev–Trinajstić information content (AvgIpc) is 3.03. The van der Waals surface area contributed by atoms with Gasteiger partial charge in [-0.05, 0) is 42.5 Å². The molecule has 1 unspecified atom stereocenters. The number of hydrogen-bond donors (Lipinski definition) is 1. The Hall–Kier alpha value is -3.12. The van der Waals surface area contributed by atoms with Gasteiger partial charge in [0.25, 0.3) is 11.7 Å². The van der Waals surface area contributed by atoms with Crippen molar-refractivity contribution in [3.8, 4) is 5.75 Å². The van der Waals surface area contributed by atoms with Crippen molar-refractivity contribution in [3.63, 3.8) is 0 Å². The highest BCUT2D eigenvalue weighted by Gasteiger charge is 2.46. The van der Waals surface area contributed by atoms with Gasteiger partial charge in [-0.25, -0.2) is 0 Å². The van der Waals surface area contributed by atoms with Crippen molar-refractivity contribution in [3.05, 3.63) is 70.8 Å². The van der Waals surface area contributed by atoms with E-state index in [9.17, 15) is 14.7 Å². The molecule has 0 radical (unpaired) electrons. The fraction of sp³-hybridized carbons (Fsp3) is 0.407. The molecule has 1 N–H and O–H groups in total. The second kappa shape index (κ2) is 9.79. The lowest BCUT2D eigenvalue weighted by atomic mass is 9.85. The minimum absolute atomic E-state index is 0.00129. The van der Waals surface area contributed by atoms with Crippen LogP contribution in [0.15, 0.2) is 54.1 Å². The van der Waals surface area contributed by atoms with Crippen molar-refractivity contribution in [1.82, 2.24) is 4.90 Å². The standard InChI is InChI=1S/C27H33NO5/c1-17(2)33-15-14-28-23(18-10-8-7-9-11-18)22(25(30)26(28)31)24(29)20-16-19(27(3,4)5)12-13-21(20)32-6/h7-13,16-17,23,29H,14-15H2,1-6H3/b24-22+. The highest BCUT2D eigenvalue weighted by atomic mass is 16.5. The first-order valence-corrected chi connectivity index (χ1v) is 11.2. The Morgan fingerprint density at radius 2 is 1.76 bits per heavy atom. The van der Waals surface area contributed by atoms with E-state index in [2.05, 4.69) is 20.8 Å². The van der Waals surface area contributed by atoms with Gasteiger partial charge in [0.15, 0.2) is 0 Å². The van der Waals surface area contributed by atoms with Crippen molar-refractivity contribution in [2.45, 2.75) is 52.2 Å². The molecular weight excluding hydrogens is 418 g/mol. The van der Waals surface area contributed by atoms with Gasteiger partial charge in [0, 0.05) is 6.54 Å². The van der Waals surface area contributed by atoms with Crippen molar-refractivity contribution < 1.29 is 24.2 Å². The minimum Gasteiger partial charge on any atom is -0.507 e. The molecule has 1 heterocycles. The third kappa shape index (κ3) is 5.11. The Morgan fingerprint density at radius 1 is 1.09 bits per heavy atom. The molecule has 2 aromatic carbocycles. The zero-order chi connectivity index (χ0) is 24.3. The van der Waals surface area contributed by atoms with Crippen molar-refractivity contribution in [2.75, 3.05) is 20.3 Å². The quantitative estimate of drug-likeness (QED) is 0.370. The predicted molar refractivity (Wildman–Crippen MR) is 128 cm³/mol. The number of likely N-dealkylation sites (tertiary alicyclic amines) is 1. The van der Waals surface area contributed by atoms with E-state index < -0.39 is 17.7 Å². The lowest BCUT2D eigenvalue weighted by Gasteiger charge is -2.26. The molecule has 1 aliphatic rings. The first-order valence-electron chi connectivity index (χ1n) is 11.2. The molecule has 1 atom stereocenters. The first-order chi connectivity index (χ1) is 15.6. The fourth-order valence-corrected chi connectivity index (χ4v) is 3.98. The van der Waals surface area contributed by atoms with Crippen LogP contribution in [-0.4, -0.2) is 48.1 Å². The molecule has 1 saturated heterocycles. The van der Waals surface area contributed by atoms with Crippen molar-refractivity contribution in [2.24, 2.45) is 0 Å². The minimum atomic E-state index is -0.718. The largest absolute Gasteiger partial charge is 0.507 e. The second-order valence-corrected chi connectivity index (χ2v) is 9.49. The van der Waals surface area contributed by atoms with Gasteiger partial charge in [-0.3, -0.25) is 9.59 Å². The van der Waals surface area contributed by atoms with E-state index >= 15 is 0 Å². The van der Waals surface area contributed by atoms with Gasteiger partial charge in [-0.15, -0.1) is 0 Å². The number of benzene rings is 2. The van der Waals surface area contributed by atoms with Crippen LogP contribution in [0, 0.1) is 0 Å². The van der Waals surface area contributed by atoms with Gasteiger partial charge in [-0.2, -0.15) is 0 Å². The van der Waals surface area contributed by atoms with Gasteiger partial charge in [0.1, 0.15) is 11.5 Å². The molecular formula is C27H33NO5. The molecule has 2 aromatic rings. The van der Waals surface area contributed by atoms with E-state index in [1.165, 1.54) is 12.0 Å². The highest BCUT2D eigenvalue weighted by molar-refractivity contribution is 6.46. The number of aliphatic hydroxyl groups excluding tert-OH is 1. The number of amides is 1. The summed E-state index contributed by atoms with van der Waals surface area (Å²) in [7, 11) is 1.51. The third-order valence-electron chi connectivity index (χ3n) is 5.76. The lowest BCUT2D eigenvalue weighted by molar-refractivity contribution is -0.140. The molecule has 6 nitrogen and oxygen atoms in total. The summed E-state index contributed by atoms with van der Waals surface area (Å²) in [4.78, 5) is 27.7. The summed E-state index contributed by atoms with van der Waals surface area (Å²) in [5, 5.41) is 11.4. The van der Waals surface area contributed by atoms with Crippen LogP contribution in [0.25, 0.3) is 5.76 Å². The number of carbonyl (C=O) groups excluding carboxylic acids is 2. The zero-order valence-electron chi connectivity index (χ0n) is 20.2. The molecule has 0 saturated carbocycles. The second-order valence-electron chi connectivity index (χ2n) is 9.49. The summed E-state index contributed by atoms with van der Waals surface area (Å²) in [6.45, 7) is 10.5. The Bertz CT molecular complexity index is 1050. The molecule has 6 heteroatoms. The number of Topliss-reactive ketones (excluding diaryl/α,β-unsaturated/α-hetero) is 1. The first kappa shape index (κ1) is 24.5. The molecule has 0 aliphatic carbocycles. The van der Waals surface area contributed by atoms with Crippen LogP contribution in [0.1, 0.15) is 57.4 Å². The normalized spacial score (nSPS) is 18.3. The number of carbonyl (C=O) groups is 2. The van der Waals surface area contributed by atoms with Crippen molar-refractivity contribution >= 4 is 17.4 Å². The zero-order valence-corrected chi connectivity index (χ0v) is 20.2. The third-order valence-corrected chi connectivity index (χ3v) is 5.76. The topological polar surface area (TPSA) is 76.1 Å². The Morgan fingerprint density at radius 3 is 2.33 bits per heavy atom. The Balaban J connectivity index is 2.18. The number of nitrogens with zero attached hydrogens (tertiary/aromatic N) is 1. The van der Waals surface area contributed by atoms with Crippen LogP contribution in [0.2, 0.25) is 0 Å². The van der Waals surface area contributed by atoms with Crippen LogP contribution in [0.4, 0.5) is 0 Å². The number of rotatable bonds is 7. The smallest absolute Gasteiger partial charge is 0.295 e. The van der Waals surface area contributed by atoms with E-state index in [0.29, 0.717) is 11.3 Å². The number of ether oxygens (including phenoxy) is 2. The lowest BCUT2D eigenvalue weighted by Crippen LogP contribution is -2.33. The maximum Gasteiger partial charge on any atom is 0.295 e. The Kier molecular flexibility index (Phi) is 7.28. The van der Waals surface area contributed by atoms with Crippen LogP contribution in [0.5, 0.6) is 5.75 Å². The van der Waals surface area contributed by atoms with Gasteiger partial charge in [0.2, 0.25) is 0 Å². The predicted octanol–water partition coefficient (Wildman–Crippen LogP) is 4.84. The Labute approximate surface area is 195 Å². The van der Waals surface area contributed by atoms with E-state index in [-0.39, 0.29) is 36.0 Å². The molecule has 1 fully saturated rings. The number of aliphatic hydroxyl groups is 1. The highest BCUT2D eigenvalue weighted by Crippen LogP contribution is 2.41. The van der Waals surface area contributed by atoms with Crippen LogP contribution < -0.4 is 4.74 Å². The summed E-state index contributed by atoms with van der Waals surface area (Å²) in [5.74, 6) is -1.17. The summed E-state index contributed by atoms with van der Waals surface area (Å²) in [6.07, 6.45) is 0.00129. The van der Waals surface area contributed by atoms with Gasteiger partial charge < -0.3 is 19.5 Å². The number of hydrogen-bond acceptors (Lipinski definition) is 5. The summed E-state index contributed by atoms with van der Waals surface area (Å²) in [5.41, 5.74) is 1.98. The number of methoxy groups -OCH3 is 1. The van der Waals surface area contributed by atoms with E-state index in [1.807, 2.05) is 56.3 Å². The molecule has 0 aromatic heterocycles. The van der Waals surface area contributed by atoms with Crippen LogP contribution in [0.3, 0.4) is 0 Å². The molecule has 1 aliphatic heterocycles. The summed E-state index contributed by atoms with van der Waals surface area (Å²) >= 11 is 0. The van der Waals surface area contributed by atoms with Crippen molar-refractivity contribution in [1.29, 1.82) is 0 Å². The maximum atomic E-state index is 13.2. The van der Waals surface area contributed by atoms with Crippen LogP contribution in [-0.2, 0) is 19.7 Å².